The lowest BCUT2D eigenvalue weighted by molar-refractivity contribution is -0.115. The molecule has 1 N–H and O–H groups in total. The summed E-state index contributed by atoms with van der Waals surface area (Å²) in [5, 5.41) is 10.2. The molecule has 0 aliphatic heterocycles. The zero-order chi connectivity index (χ0) is 16.9. The Kier molecular flexibility index (Phi) is 5.05. The Morgan fingerprint density at radius 1 is 1.33 bits per heavy atom. The SMILES string of the molecule is CC(C)c1nc(CC(=O)Nc2cccc(Cn3cccn3)c2)cs1. The number of anilines is 1. The van der Waals surface area contributed by atoms with Gasteiger partial charge in [0.2, 0.25) is 5.91 Å². The second-order valence-electron chi connectivity index (χ2n) is 5.96. The Balaban J connectivity index is 1.61. The van der Waals surface area contributed by atoms with Gasteiger partial charge in [0.05, 0.1) is 23.7 Å². The minimum Gasteiger partial charge on any atom is -0.326 e. The maximum Gasteiger partial charge on any atom is 0.230 e. The lowest BCUT2D eigenvalue weighted by Gasteiger charge is -2.07. The molecule has 2 heterocycles. The first-order valence-electron chi connectivity index (χ1n) is 7.90. The molecular weight excluding hydrogens is 320 g/mol. The van der Waals surface area contributed by atoms with Crippen molar-refractivity contribution in [3.05, 3.63) is 64.4 Å². The molecule has 0 saturated heterocycles. The Hall–Kier alpha value is -2.47. The van der Waals surface area contributed by atoms with Gasteiger partial charge in [-0.15, -0.1) is 11.3 Å². The van der Waals surface area contributed by atoms with Crippen molar-refractivity contribution in [2.45, 2.75) is 32.7 Å². The van der Waals surface area contributed by atoms with E-state index in [-0.39, 0.29) is 5.91 Å². The second kappa shape index (κ2) is 7.40. The van der Waals surface area contributed by atoms with E-state index in [1.807, 2.05) is 46.6 Å². The monoisotopic (exact) mass is 340 g/mol. The zero-order valence-electron chi connectivity index (χ0n) is 13.8. The number of carbonyl (C=O) groups is 1. The van der Waals surface area contributed by atoms with Crippen LogP contribution in [-0.4, -0.2) is 20.7 Å². The van der Waals surface area contributed by atoms with Crippen molar-refractivity contribution in [2.75, 3.05) is 5.32 Å². The van der Waals surface area contributed by atoms with Gasteiger partial charge in [0, 0.05) is 29.4 Å². The Labute approximate surface area is 145 Å². The van der Waals surface area contributed by atoms with Crippen molar-refractivity contribution in [1.29, 1.82) is 0 Å². The highest BCUT2D eigenvalue weighted by Crippen LogP contribution is 2.20. The van der Waals surface area contributed by atoms with E-state index in [1.165, 1.54) is 0 Å². The molecule has 124 valence electrons. The molecular formula is C18H20N4OS. The van der Waals surface area contributed by atoms with Gasteiger partial charge in [-0.25, -0.2) is 4.98 Å². The molecule has 3 aromatic rings. The summed E-state index contributed by atoms with van der Waals surface area (Å²) in [4.78, 5) is 16.7. The molecule has 0 aliphatic rings. The van der Waals surface area contributed by atoms with E-state index in [9.17, 15) is 4.79 Å². The van der Waals surface area contributed by atoms with Crippen LogP contribution in [0.1, 0.15) is 36.0 Å². The number of aromatic nitrogens is 3. The first-order chi connectivity index (χ1) is 11.6. The van der Waals surface area contributed by atoms with Crippen LogP contribution >= 0.6 is 11.3 Å². The molecule has 2 aromatic heterocycles. The molecule has 0 radical (unpaired) electrons. The average molecular weight is 340 g/mol. The average Bonchev–Trinajstić information content (AvgIpc) is 3.19. The summed E-state index contributed by atoms with van der Waals surface area (Å²) < 4.78 is 1.85. The Morgan fingerprint density at radius 2 is 2.21 bits per heavy atom. The second-order valence-corrected chi connectivity index (χ2v) is 6.85. The van der Waals surface area contributed by atoms with Crippen LogP contribution in [0.5, 0.6) is 0 Å². The number of amides is 1. The van der Waals surface area contributed by atoms with E-state index < -0.39 is 0 Å². The predicted octanol–water partition coefficient (Wildman–Crippen LogP) is 3.69. The van der Waals surface area contributed by atoms with E-state index in [0.717, 1.165) is 22.0 Å². The van der Waals surface area contributed by atoms with E-state index in [0.29, 0.717) is 18.9 Å². The number of thiazole rings is 1. The van der Waals surface area contributed by atoms with Crippen molar-refractivity contribution in [3.63, 3.8) is 0 Å². The minimum atomic E-state index is -0.0492. The van der Waals surface area contributed by atoms with Gasteiger partial charge in [-0.1, -0.05) is 26.0 Å². The van der Waals surface area contributed by atoms with Crippen LogP contribution < -0.4 is 5.32 Å². The van der Waals surface area contributed by atoms with Gasteiger partial charge in [0.1, 0.15) is 0 Å². The number of benzene rings is 1. The first kappa shape index (κ1) is 16.4. The van der Waals surface area contributed by atoms with Crippen LogP contribution in [0, 0.1) is 0 Å². The predicted molar refractivity (Wildman–Crippen MR) is 96.3 cm³/mol. The molecule has 0 fully saturated rings. The topological polar surface area (TPSA) is 59.8 Å². The highest BCUT2D eigenvalue weighted by atomic mass is 32.1. The Bertz CT molecular complexity index is 808. The number of hydrogen-bond donors (Lipinski definition) is 1. The molecule has 0 saturated carbocycles. The molecule has 3 rings (SSSR count). The van der Waals surface area contributed by atoms with Gasteiger partial charge in [0.25, 0.3) is 0 Å². The molecule has 0 spiro atoms. The number of nitrogens with one attached hydrogen (secondary N) is 1. The molecule has 1 amide bonds. The van der Waals surface area contributed by atoms with E-state index in [4.69, 9.17) is 0 Å². The maximum absolute atomic E-state index is 12.2. The molecule has 6 heteroatoms. The molecule has 1 aromatic carbocycles. The molecule has 0 bridgehead atoms. The summed E-state index contributed by atoms with van der Waals surface area (Å²) in [6.45, 7) is 4.89. The molecule has 24 heavy (non-hydrogen) atoms. The minimum absolute atomic E-state index is 0.0492. The highest BCUT2D eigenvalue weighted by molar-refractivity contribution is 7.09. The van der Waals surface area contributed by atoms with Crippen LogP contribution in [0.15, 0.2) is 48.1 Å². The number of rotatable bonds is 6. The fourth-order valence-corrected chi connectivity index (χ4v) is 3.20. The normalized spacial score (nSPS) is 11.0. The lowest BCUT2D eigenvalue weighted by Crippen LogP contribution is -2.15. The van der Waals surface area contributed by atoms with Gasteiger partial charge in [-0.05, 0) is 23.8 Å². The fraction of sp³-hybridized carbons (Fsp3) is 0.278. The molecule has 0 aliphatic carbocycles. The molecule has 0 unspecified atom stereocenters. The third kappa shape index (κ3) is 4.29. The summed E-state index contributed by atoms with van der Waals surface area (Å²) in [7, 11) is 0. The van der Waals surface area contributed by atoms with E-state index in [1.54, 1.807) is 17.5 Å². The third-order valence-electron chi connectivity index (χ3n) is 3.52. The lowest BCUT2D eigenvalue weighted by atomic mass is 10.2. The molecule has 0 atom stereocenters. The smallest absolute Gasteiger partial charge is 0.230 e. The Morgan fingerprint density at radius 3 is 2.92 bits per heavy atom. The number of hydrogen-bond acceptors (Lipinski definition) is 4. The zero-order valence-corrected chi connectivity index (χ0v) is 14.6. The largest absolute Gasteiger partial charge is 0.326 e. The van der Waals surface area contributed by atoms with Crippen LogP contribution in [-0.2, 0) is 17.8 Å². The summed E-state index contributed by atoms with van der Waals surface area (Å²) >= 11 is 1.61. The van der Waals surface area contributed by atoms with Crippen LogP contribution in [0.2, 0.25) is 0 Å². The number of carbonyl (C=O) groups excluding carboxylic acids is 1. The quantitative estimate of drug-likeness (QED) is 0.744. The van der Waals surface area contributed by atoms with Crippen molar-refractivity contribution >= 4 is 22.9 Å². The third-order valence-corrected chi connectivity index (χ3v) is 4.71. The maximum atomic E-state index is 12.2. The summed E-state index contributed by atoms with van der Waals surface area (Å²) in [5.74, 6) is 0.345. The van der Waals surface area contributed by atoms with E-state index in [2.05, 4.69) is 29.2 Å². The van der Waals surface area contributed by atoms with E-state index >= 15 is 0 Å². The number of nitrogens with zero attached hydrogens (tertiary/aromatic N) is 3. The van der Waals surface area contributed by atoms with Gasteiger partial charge < -0.3 is 5.32 Å². The van der Waals surface area contributed by atoms with Crippen molar-refractivity contribution in [3.8, 4) is 0 Å². The van der Waals surface area contributed by atoms with Gasteiger partial charge in [0.15, 0.2) is 0 Å². The van der Waals surface area contributed by atoms with Crippen molar-refractivity contribution in [2.24, 2.45) is 0 Å². The van der Waals surface area contributed by atoms with Gasteiger partial charge >= 0.3 is 0 Å². The summed E-state index contributed by atoms with van der Waals surface area (Å²) in [6, 6.07) is 9.72. The van der Waals surface area contributed by atoms with Gasteiger partial charge in [-0.3, -0.25) is 9.48 Å². The molecule has 5 nitrogen and oxygen atoms in total. The van der Waals surface area contributed by atoms with Crippen LogP contribution in [0.3, 0.4) is 0 Å². The summed E-state index contributed by atoms with van der Waals surface area (Å²) in [6.07, 6.45) is 3.97. The first-order valence-corrected chi connectivity index (χ1v) is 8.78. The van der Waals surface area contributed by atoms with Crippen molar-refractivity contribution < 1.29 is 4.79 Å². The van der Waals surface area contributed by atoms with Gasteiger partial charge in [-0.2, -0.15) is 5.10 Å². The fourth-order valence-electron chi connectivity index (χ4n) is 2.37. The van der Waals surface area contributed by atoms with Crippen LogP contribution in [0.25, 0.3) is 0 Å². The highest BCUT2D eigenvalue weighted by Gasteiger charge is 2.10. The van der Waals surface area contributed by atoms with Crippen LogP contribution in [0.4, 0.5) is 5.69 Å². The standard InChI is InChI=1S/C18H20N4OS/c1-13(2)18-21-16(12-24-18)10-17(23)20-15-6-3-5-14(9-15)11-22-8-4-7-19-22/h3-9,12-13H,10-11H2,1-2H3,(H,20,23). The summed E-state index contributed by atoms with van der Waals surface area (Å²) in [5.41, 5.74) is 2.71. The van der Waals surface area contributed by atoms with Crippen molar-refractivity contribution in [1.82, 2.24) is 14.8 Å².